The molecule has 0 aliphatic carbocycles. The highest BCUT2D eigenvalue weighted by molar-refractivity contribution is 5.82. The van der Waals surface area contributed by atoms with Crippen molar-refractivity contribution in [2.24, 2.45) is 5.73 Å². The van der Waals surface area contributed by atoms with Gasteiger partial charge in [-0.15, -0.1) is 0 Å². The molecule has 2 aromatic carbocycles. The van der Waals surface area contributed by atoms with E-state index in [9.17, 15) is 14.0 Å². The lowest BCUT2D eigenvalue weighted by atomic mass is 9.70. The fraction of sp³-hybridized carbons (Fsp3) is 0.433. The number of amides is 2. The van der Waals surface area contributed by atoms with Crippen molar-refractivity contribution in [3.05, 3.63) is 83.9 Å². The largest absolute Gasteiger partial charge is 0.497 e. The maximum atomic E-state index is 14.0. The third-order valence-electron chi connectivity index (χ3n) is 7.49. The Bertz CT molecular complexity index is 1190. The highest BCUT2D eigenvalue weighted by atomic mass is 19.1. The monoisotopic (exact) mass is 520 g/mol. The summed E-state index contributed by atoms with van der Waals surface area (Å²) in [7, 11) is 1.63. The Kier molecular flexibility index (Phi) is 9.15. The second-order valence-electron chi connectivity index (χ2n) is 10.2. The molecule has 1 aliphatic rings. The molecule has 2 heterocycles. The minimum atomic E-state index is -0.474. The second-order valence-corrected chi connectivity index (χ2v) is 10.2. The number of primary amides is 1. The average Bonchev–Trinajstić information content (AvgIpc) is 3.39. The molecule has 1 aromatic heterocycles. The minimum Gasteiger partial charge on any atom is -0.497 e. The van der Waals surface area contributed by atoms with Gasteiger partial charge in [-0.1, -0.05) is 55.3 Å². The molecular formula is C30H37FN4O3. The van der Waals surface area contributed by atoms with Crippen molar-refractivity contribution in [3.8, 4) is 5.75 Å². The maximum Gasteiger partial charge on any atom is 0.246 e. The SMILES string of the molecule is COc1ccc(C[C@H](C(=O)N2CC(CCCCCF)(c3ccccc3)C2)n2cnc(CCC(N)=O)c2)cc1. The van der Waals surface area contributed by atoms with Crippen LogP contribution in [0.25, 0.3) is 0 Å². The second kappa shape index (κ2) is 12.7. The third kappa shape index (κ3) is 6.60. The summed E-state index contributed by atoms with van der Waals surface area (Å²) < 4.78 is 19.8. The molecular weight excluding hydrogens is 483 g/mol. The summed E-state index contributed by atoms with van der Waals surface area (Å²) in [5.74, 6) is 0.417. The molecule has 202 valence electrons. The Morgan fingerprint density at radius 1 is 1.08 bits per heavy atom. The molecule has 8 heteroatoms. The molecule has 38 heavy (non-hydrogen) atoms. The van der Waals surface area contributed by atoms with Crippen LogP contribution in [-0.4, -0.2) is 53.1 Å². The van der Waals surface area contributed by atoms with Crippen LogP contribution in [0.5, 0.6) is 5.75 Å². The van der Waals surface area contributed by atoms with Crippen molar-refractivity contribution in [2.45, 2.75) is 56.4 Å². The lowest BCUT2D eigenvalue weighted by Crippen LogP contribution is -2.62. The smallest absolute Gasteiger partial charge is 0.246 e. The normalized spacial score (nSPS) is 15.1. The highest BCUT2D eigenvalue weighted by Gasteiger charge is 2.47. The van der Waals surface area contributed by atoms with E-state index in [1.165, 1.54) is 5.56 Å². The molecule has 0 saturated carbocycles. The number of benzene rings is 2. The molecule has 1 aliphatic heterocycles. The van der Waals surface area contributed by atoms with Crippen LogP contribution in [0.1, 0.15) is 55.0 Å². The predicted molar refractivity (Wildman–Crippen MR) is 145 cm³/mol. The molecule has 3 aromatic rings. The van der Waals surface area contributed by atoms with Gasteiger partial charge in [0.15, 0.2) is 0 Å². The number of ether oxygens (including phenoxy) is 1. The lowest BCUT2D eigenvalue weighted by molar-refractivity contribution is -0.143. The summed E-state index contributed by atoms with van der Waals surface area (Å²) in [6.45, 7) is 0.976. The van der Waals surface area contributed by atoms with Crippen molar-refractivity contribution in [1.29, 1.82) is 0 Å². The zero-order valence-electron chi connectivity index (χ0n) is 22.0. The van der Waals surface area contributed by atoms with E-state index in [1.54, 1.807) is 13.4 Å². The number of rotatable bonds is 14. The van der Waals surface area contributed by atoms with E-state index in [-0.39, 0.29) is 30.3 Å². The van der Waals surface area contributed by atoms with Crippen molar-refractivity contribution in [1.82, 2.24) is 14.5 Å². The Balaban J connectivity index is 1.53. The first-order valence-corrected chi connectivity index (χ1v) is 13.3. The fourth-order valence-corrected chi connectivity index (χ4v) is 5.30. The number of aromatic nitrogens is 2. The van der Waals surface area contributed by atoms with Gasteiger partial charge in [-0.2, -0.15) is 0 Å². The van der Waals surface area contributed by atoms with Crippen LogP contribution in [-0.2, 0) is 27.8 Å². The Morgan fingerprint density at radius 2 is 1.82 bits per heavy atom. The quantitative estimate of drug-likeness (QED) is 0.319. The van der Waals surface area contributed by atoms with Gasteiger partial charge in [-0.25, -0.2) is 4.98 Å². The molecule has 1 fully saturated rings. The van der Waals surface area contributed by atoms with E-state index in [0.29, 0.717) is 32.4 Å². The number of unbranched alkanes of at least 4 members (excludes halogenated alkanes) is 2. The number of hydrogen-bond donors (Lipinski definition) is 1. The molecule has 0 unspecified atom stereocenters. The summed E-state index contributed by atoms with van der Waals surface area (Å²) >= 11 is 0. The highest BCUT2D eigenvalue weighted by Crippen LogP contribution is 2.40. The van der Waals surface area contributed by atoms with Gasteiger partial charge in [0.2, 0.25) is 11.8 Å². The summed E-state index contributed by atoms with van der Waals surface area (Å²) in [4.78, 5) is 31.6. The summed E-state index contributed by atoms with van der Waals surface area (Å²) in [5.41, 5.74) is 8.17. The molecule has 0 bridgehead atoms. The number of carbonyl (C=O) groups excluding carboxylic acids is 2. The van der Waals surface area contributed by atoms with Crippen molar-refractivity contribution in [3.63, 3.8) is 0 Å². The van der Waals surface area contributed by atoms with Crippen LogP contribution in [0.4, 0.5) is 4.39 Å². The van der Waals surface area contributed by atoms with Crippen molar-refractivity contribution in [2.75, 3.05) is 26.9 Å². The fourth-order valence-electron chi connectivity index (χ4n) is 5.30. The van der Waals surface area contributed by atoms with Crippen LogP contribution in [0, 0.1) is 0 Å². The number of nitrogens with zero attached hydrogens (tertiary/aromatic N) is 3. The Morgan fingerprint density at radius 3 is 2.47 bits per heavy atom. The van der Waals surface area contributed by atoms with Crippen LogP contribution < -0.4 is 10.5 Å². The van der Waals surface area contributed by atoms with Crippen LogP contribution in [0.15, 0.2) is 67.1 Å². The minimum absolute atomic E-state index is 0.0370. The Labute approximate surface area is 223 Å². The van der Waals surface area contributed by atoms with E-state index < -0.39 is 6.04 Å². The zero-order valence-corrected chi connectivity index (χ0v) is 22.0. The lowest BCUT2D eigenvalue weighted by Gasteiger charge is -2.52. The zero-order chi connectivity index (χ0) is 27.0. The molecule has 7 nitrogen and oxygen atoms in total. The van der Waals surface area contributed by atoms with Crippen LogP contribution in [0.2, 0.25) is 0 Å². The molecule has 2 amide bonds. The van der Waals surface area contributed by atoms with E-state index in [0.717, 1.165) is 36.3 Å². The van der Waals surface area contributed by atoms with Gasteiger partial charge in [0, 0.05) is 37.5 Å². The number of alkyl halides is 1. The Hall–Kier alpha value is -3.68. The van der Waals surface area contributed by atoms with Gasteiger partial charge in [0.25, 0.3) is 0 Å². The van der Waals surface area contributed by atoms with Crippen LogP contribution >= 0.6 is 0 Å². The van der Waals surface area contributed by atoms with E-state index >= 15 is 0 Å². The summed E-state index contributed by atoms with van der Waals surface area (Å²) in [6.07, 6.45) is 7.94. The number of carbonyl (C=O) groups is 2. The number of methoxy groups -OCH3 is 1. The van der Waals surface area contributed by atoms with Gasteiger partial charge >= 0.3 is 0 Å². The summed E-state index contributed by atoms with van der Waals surface area (Å²) in [5, 5.41) is 0. The molecule has 4 rings (SSSR count). The number of likely N-dealkylation sites (tertiary alicyclic amines) is 1. The van der Waals surface area contributed by atoms with Crippen LogP contribution in [0.3, 0.4) is 0 Å². The third-order valence-corrected chi connectivity index (χ3v) is 7.49. The number of nitrogens with two attached hydrogens (primary N) is 1. The number of aryl methyl sites for hydroxylation is 1. The summed E-state index contributed by atoms with van der Waals surface area (Å²) in [6, 6.07) is 17.6. The predicted octanol–water partition coefficient (Wildman–Crippen LogP) is 4.40. The van der Waals surface area contributed by atoms with Gasteiger partial charge < -0.3 is 19.9 Å². The molecule has 2 N–H and O–H groups in total. The van der Waals surface area contributed by atoms with E-state index in [1.807, 2.05) is 58.1 Å². The van der Waals surface area contributed by atoms with Gasteiger partial charge in [0.1, 0.15) is 11.8 Å². The molecule has 1 atom stereocenters. The van der Waals surface area contributed by atoms with Gasteiger partial charge in [0.05, 0.1) is 25.8 Å². The first-order chi connectivity index (χ1) is 18.4. The average molecular weight is 521 g/mol. The molecule has 0 radical (unpaired) electrons. The first-order valence-electron chi connectivity index (χ1n) is 13.3. The topological polar surface area (TPSA) is 90.4 Å². The van der Waals surface area contributed by atoms with Gasteiger partial charge in [-0.3, -0.25) is 14.0 Å². The molecule has 0 spiro atoms. The molecule has 1 saturated heterocycles. The van der Waals surface area contributed by atoms with Crippen molar-refractivity contribution >= 4 is 11.8 Å². The van der Waals surface area contributed by atoms with Crippen molar-refractivity contribution < 1.29 is 18.7 Å². The number of imidazole rings is 1. The van der Waals surface area contributed by atoms with E-state index in [4.69, 9.17) is 10.5 Å². The van der Waals surface area contributed by atoms with E-state index in [2.05, 4.69) is 17.1 Å². The number of halogens is 1. The first kappa shape index (κ1) is 27.4. The standard InChI is InChI=1S/C30H37FN4O3/c1-38-26-13-10-23(11-14-26)18-27(34-19-25(33-22-34)12-15-28(32)36)29(37)35-20-30(21-35,16-6-3-7-17-31)24-8-4-2-5-9-24/h2,4-5,8-11,13-14,19,22,27H,3,6-7,12,15-18,20-21H2,1H3,(H2,32,36)/t27-/m1/s1. The maximum absolute atomic E-state index is 14.0. The van der Waals surface area contributed by atoms with Gasteiger partial charge in [-0.05, 0) is 42.5 Å². The number of hydrogen-bond acceptors (Lipinski definition) is 4.